The minimum atomic E-state index is -0.484. The van der Waals surface area contributed by atoms with Crippen molar-refractivity contribution in [2.75, 3.05) is 17.3 Å². The van der Waals surface area contributed by atoms with Crippen molar-refractivity contribution in [3.8, 4) is 5.75 Å². The smallest absolute Gasteiger partial charge is 0.267 e. The first-order valence-electron chi connectivity index (χ1n) is 6.60. The van der Waals surface area contributed by atoms with E-state index >= 15 is 0 Å². The lowest BCUT2D eigenvalue weighted by Crippen LogP contribution is -2.42. The molecule has 1 N–H and O–H groups in total. The fourth-order valence-electron chi connectivity index (χ4n) is 1.91. The third kappa shape index (κ3) is 2.61. The van der Waals surface area contributed by atoms with Gasteiger partial charge in [0.2, 0.25) is 5.91 Å². The Morgan fingerprint density at radius 1 is 1.35 bits per heavy atom. The van der Waals surface area contributed by atoms with Gasteiger partial charge in [0.25, 0.3) is 5.91 Å². The molecule has 1 aliphatic rings. The van der Waals surface area contributed by atoms with Crippen LogP contribution in [-0.4, -0.2) is 25.0 Å². The minimum absolute atomic E-state index is 0.0727. The number of carbonyl (C=O) groups is 2. The highest BCUT2D eigenvalue weighted by Gasteiger charge is 2.29. The van der Waals surface area contributed by atoms with Crippen LogP contribution in [-0.2, 0) is 9.59 Å². The van der Waals surface area contributed by atoms with Gasteiger partial charge in [0, 0.05) is 18.2 Å². The van der Waals surface area contributed by atoms with Crippen LogP contribution in [0.15, 0.2) is 18.2 Å². The molecule has 2 amide bonds. The monoisotopic (exact) mass is 276 g/mol. The summed E-state index contributed by atoms with van der Waals surface area (Å²) in [6.07, 6.45) is -0.484. The summed E-state index contributed by atoms with van der Waals surface area (Å²) >= 11 is 0. The molecule has 1 unspecified atom stereocenters. The first-order valence-corrected chi connectivity index (χ1v) is 6.60. The van der Waals surface area contributed by atoms with Gasteiger partial charge < -0.3 is 15.0 Å². The average molecular weight is 276 g/mol. The Balaban J connectivity index is 2.29. The van der Waals surface area contributed by atoms with E-state index in [2.05, 4.69) is 5.32 Å². The highest BCUT2D eigenvalue weighted by Crippen LogP contribution is 2.35. The first kappa shape index (κ1) is 14.4. The van der Waals surface area contributed by atoms with Crippen LogP contribution in [0.5, 0.6) is 5.75 Å². The number of likely N-dealkylation sites (N-methyl/N-ethyl adjacent to an activating group) is 1. The molecule has 1 aromatic carbocycles. The Bertz CT molecular complexity index is 561. The van der Waals surface area contributed by atoms with Gasteiger partial charge in [0.1, 0.15) is 5.75 Å². The number of carbonyl (C=O) groups excluding carboxylic acids is 2. The van der Waals surface area contributed by atoms with Crippen molar-refractivity contribution in [1.29, 1.82) is 0 Å². The summed E-state index contributed by atoms with van der Waals surface area (Å²) in [4.78, 5) is 25.4. The zero-order valence-corrected chi connectivity index (χ0v) is 12.5. The van der Waals surface area contributed by atoms with Crippen molar-refractivity contribution in [2.24, 2.45) is 5.41 Å². The molecule has 0 saturated carbocycles. The number of fused-ring (bicyclic) bond motifs is 1. The Morgan fingerprint density at radius 2 is 2.00 bits per heavy atom. The molecular formula is C15H20N2O3. The van der Waals surface area contributed by atoms with E-state index in [0.717, 1.165) is 0 Å². The minimum Gasteiger partial charge on any atom is -0.479 e. The van der Waals surface area contributed by atoms with Crippen molar-refractivity contribution in [3.63, 3.8) is 0 Å². The van der Waals surface area contributed by atoms with E-state index in [0.29, 0.717) is 17.1 Å². The fraction of sp³-hybridized carbons (Fsp3) is 0.467. The summed E-state index contributed by atoms with van der Waals surface area (Å²) in [6.45, 7) is 7.26. The normalized spacial score (nSPS) is 18.4. The third-order valence-corrected chi connectivity index (χ3v) is 3.24. The molecule has 0 bridgehead atoms. The molecule has 0 aromatic heterocycles. The van der Waals surface area contributed by atoms with E-state index < -0.39 is 11.5 Å². The molecule has 5 nitrogen and oxygen atoms in total. The maximum Gasteiger partial charge on any atom is 0.267 e. The van der Waals surface area contributed by atoms with Gasteiger partial charge in [-0.3, -0.25) is 9.59 Å². The Labute approximate surface area is 118 Å². The van der Waals surface area contributed by atoms with Crippen molar-refractivity contribution in [1.82, 2.24) is 0 Å². The molecule has 1 aromatic rings. The topological polar surface area (TPSA) is 58.6 Å². The summed E-state index contributed by atoms with van der Waals surface area (Å²) in [6, 6.07) is 5.30. The molecule has 0 fully saturated rings. The summed E-state index contributed by atoms with van der Waals surface area (Å²) in [5, 5.41) is 2.85. The van der Waals surface area contributed by atoms with Crippen LogP contribution in [0.25, 0.3) is 0 Å². The lowest BCUT2D eigenvalue weighted by atomic mass is 9.95. The van der Waals surface area contributed by atoms with Gasteiger partial charge in [-0.05, 0) is 25.1 Å². The second kappa shape index (κ2) is 4.81. The number of nitrogens with zero attached hydrogens (tertiary/aromatic N) is 1. The number of nitrogens with one attached hydrogen (secondary N) is 1. The second-order valence-electron chi connectivity index (χ2n) is 6.04. The van der Waals surface area contributed by atoms with Gasteiger partial charge in [0.15, 0.2) is 6.10 Å². The summed E-state index contributed by atoms with van der Waals surface area (Å²) < 4.78 is 5.54. The molecular weight excluding hydrogens is 256 g/mol. The van der Waals surface area contributed by atoms with Crippen molar-refractivity contribution in [3.05, 3.63) is 18.2 Å². The number of hydrogen-bond donors (Lipinski definition) is 1. The number of amides is 2. The number of hydrogen-bond acceptors (Lipinski definition) is 3. The number of ether oxygens (including phenoxy) is 1. The van der Waals surface area contributed by atoms with Gasteiger partial charge in [0.05, 0.1) is 5.69 Å². The summed E-state index contributed by atoms with van der Waals surface area (Å²) in [5.41, 5.74) is 0.851. The van der Waals surface area contributed by atoms with Crippen LogP contribution in [0.1, 0.15) is 27.7 Å². The Morgan fingerprint density at radius 3 is 2.60 bits per heavy atom. The largest absolute Gasteiger partial charge is 0.479 e. The highest BCUT2D eigenvalue weighted by atomic mass is 16.5. The SMILES string of the molecule is CC1Oc2ccc(NC(=O)C(C)(C)C)cc2N(C)C1=O. The van der Waals surface area contributed by atoms with Crippen LogP contribution in [0.4, 0.5) is 11.4 Å². The standard InChI is InChI=1S/C15H20N2O3/c1-9-13(18)17(5)11-8-10(6-7-12(11)20-9)16-14(19)15(2,3)4/h6-9H,1-5H3,(H,16,19). The van der Waals surface area contributed by atoms with E-state index in [-0.39, 0.29) is 11.8 Å². The third-order valence-electron chi connectivity index (χ3n) is 3.24. The lowest BCUT2D eigenvalue weighted by Gasteiger charge is -2.30. The van der Waals surface area contributed by atoms with Crippen molar-refractivity contribution >= 4 is 23.2 Å². The van der Waals surface area contributed by atoms with Crippen molar-refractivity contribution < 1.29 is 14.3 Å². The molecule has 1 atom stereocenters. The van der Waals surface area contributed by atoms with E-state index in [1.54, 1.807) is 37.1 Å². The van der Waals surface area contributed by atoms with E-state index in [1.807, 2.05) is 20.8 Å². The quantitative estimate of drug-likeness (QED) is 0.857. The van der Waals surface area contributed by atoms with E-state index in [9.17, 15) is 9.59 Å². The van der Waals surface area contributed by atoms with Gasteiger partial charge in [-0.15, -0.1) is 0 Å². The van der Waals surface area contributed by atoms with Crippen molar-refractivity contribution in [2.45, 2.75) is 33.8 Å². The number of anilines is 2. The molecule has 1 aliphatic heterocycles. The average Bonchev–Trinajstić information content (AvgIpc) is 2.36. The molecule has 5 heteroatoms. The molecule has 0 saturated heterocycles. The number of benzene rings is 1. The van der Waals surface area contributed by atoms with Crippen LogP contribution in [0.3, 0.4) is 0 Å². The first-order chi connectivity index (χ1) is 9.20. The summed E-state index contributed by atoms with van der Waals surface area (Å²) in [7, 11) is 1.70. The fourth-order valence-corrected chi connectivity index (χ4v) is 1.91. The van der Waals surface area contributed by atoms with Crippen LogP contribution in [0, 0.1) is 5.41 Å². The van der Waals surface area contributed by atoms with E-state index in [4.69, 9.17) is 4.74 Å². The van der Waals surface area contributed by atoms with Crippen LogP contribution in [0.2, 0.25) is 0 Å². The molecule has 108 valence electrons. The zero-order chi connectivity index (χ0) is 15.1. The molecule has 0 spiro atoms. The molecule has 0 aliphatic carbocycles. The second-order valence-corrected chi connectivity index (χ2v) is 6.04. The molecule has 20 heavy (non-hydrogen) atoms. The van der Waals surface area contributed by atoms with Gasteiger partial charge in [-0.25, -0.2) is 0 Å². The Kier molecular flexibility index (Phi) is 3.46. The zero-order valence-electron chi connectivity index (χ0n) is 12.5. The highest BCUT2D eigenvalue weighted by molar-refractivity contribution is 6.01. The Hall–Kier alpha value is -2.04. The van der Waals surface area contributed by atoms with E-state index in [1.165, 1.54) is 0 Å². The van der Waals surface area contributed by atoms with Crippen LogP contribution < -0.4 is 15.0 Å². The predicted octanol–water partition coefficient (Wildman–Crippen LogP) is 2.41. The molecule has 1 heterocycles. The molecule has 2 rings (SSSR count). The number of rotatable bonds is 1. The van der Waals surface area contributed by atoms with Gasteiger partial charge in [-0.2, -0.15) is 0 Å². The maximum atomic E-state index is 12.0. The van der Waals surface area contributed by atoms with Gasteiger partial charge in [-0.1, -0.05) is 20.8 Å². The lowest BCUT2D eigenvalue weighted by molar-refractivity contribution is -0.125. The summed E-state index contributed by atoms with van der Waals surface area (Å²) in [5.74, 6) is 0.474. The predicted molar refractivity (Wildman–Crippen MR) is 78.0 cm³/mol. The maximum absolute atomic E-state index is 12.0. The van der Waals surface area contributed by atoms with Crippen LogP contribution >= 0.6 is 0 Å². The van der Waals surface area contributed by atoms with Gasteiger partial charge >= 0.3 is 0 Å². The molecule has 0 radical (unpaired) electrons.